The van der Waals surface area contributed by atoms with Gasteiger partial charge in [-0.25, -0.2) is 14.5 Å². The first-order valence-corrected chi connectivity index (χ1v) is 12.1. The van der Waals surface area contributed by atoms with E-state index in [1.54, 1.807) is 12.4 Å². The Morgan fingerprint density at radius 3 is 2.88 bits per heavy atom. The van der Waals surface area contributed by atoms with E-state index in [9.17, 15) is 19.5 Å². The Balaban J connectivity index is 1.49. The Kier molecular flexibility index (Phi) is 6.52. The lowest BCUT2D eigenvalue weighted by Gasteiger charge is -2.49. The van der Waals surface area contributed by atoms with E-state index in [1.165, 1.54) is 40.2 Å². The molecule has 0 spiro atoms. The summed E-state index contributed by atoms with van der Waals surface area (Å²) in [6.45, 7) is 0. The molecule has 0 aromatic carbocycles. The molecular formula is C16H17N9O5S3. The van der Waals surface area contributed by atoms with Crippen molar-refractivity contribution in [3.63, 3.8) is 0 Å². The number of rotatable bonds is 8. The normalized spacial score (nSPS) is 20.4. The van der Waals surface area contributed by atoms with Gasteiger partial charge in [-0.15, -0.1) is 28.2 Å². The lowest BCUT2D eigenvalue weighted by molar-refractivity contribution is -0.150. The van der Waals surface area contributed by atoms with E-state index in [1.807, 2.05) is 0 Å². The summed E-state index contributed by atoms with van der Waals surface area (Å²) in [5.74, 6) is -1.77. The Labute approximate surface area is 198 Å². The lowest BCUT2D eigenvalue weighted by atomic mass is 10.0. The summed E-state index contributed by atoms with van der Waals surface area (Å²) < 4.78 is 1.47. The summed E-state index contributed by atoms with van der Waals surface area (Å²) in [5.41, 5.74) is 6.17. The second-order valence-corrected chi connectivity index (χ2v) is 9.62. The number of amides is 2. The molecule has 4 N–H and O–H groups in total. The maximum Gasteiger partial charge on any atom is 0.352 e. The van der Waals surface area contributed by atoms with Crippen LogP contribution in [-0.2, 0) is 26.3 Å². The van der Waals surface area contributed by atoms with Crippen molar-refractivity contribution in [2.24, 2.45) is 12.2 Å². The van der Waals surface area contributed by atoms with Crippen molar-refractivity contribution >= 4 is 63.5 Å². The van der Waals surface area contributed by atoms with Gasteiger partial charge in [0.05, 0.1) is 0 Å². The summed E-state index contributed by atoms with van der Waals surface area (Å²) >= 11 is 3.75. The fourth-order valence-electron chi connectivity index (χ4n) is 3.19. The van der Waals surface area contributed by atoms with Crippen LogP contribution in [0.5, 0.6) is 0 Å². The average Bonchev–Trinajstić information content (AvgIpc) is 3.40. The molecule has 14 nitrogen and oxygen atoms in total. The number of aryl methyl sites for hydroxylation is 1. The van der Waals surface area contributed by atoms with Crippen LogP contribution in [0.15, 0.2) is 27.0 Å². The third-order valence-electron chi connectivity index (χ3n) is 4.66. The number of tetrazole rings is 1. The van der Waals surface area contributed by atoms with Crippen LogP contribution in [0.4, 0.5) is 5.13 Å². The first-order valence-electron chi connectivity index (χ1n) is 9.20. The zero-order valence-corrected chi connectivity index (χ0v) is 19.6. The predicted octanol–water partition coefficient (Wildman–Crippen LogP) is -0.870. The number of carbonyl (C=O) groups is 3. The third-order valence-corrected chi connectivity index (χ3v) is 7.77. The fraction of sp³-hybridized carbons (Fsp3) is 0.375. The second-order valence-electron chi connectivity index (χ2n) is 6.69. The second kappa shape index (κ2) is 9.36. The summed E-state index contributed by atoms with van der Waals surface area (Å²) in [4.78, 5) is 47.6. The van der Waals surface area contributed by atoms with E-state index >= 15 is 0 Å². The van der Waals surface area contributed by atoms with Gasteiger partial charge < -0.3 is 21.0 Å². The standard InChI is InChI=1S/C16H17N9O5S3/c1-24-16(20-22-23-24)33-4-6-3-31-13-9(12(27)25(13)10(6)14(28)29)19-11(26)8(21-30-2)7-5-32-15(17)18-7/h5,9,13H,3-4H2,1-2H3,(H2,17,18)(H,19,26)(H,28,29)/t9-,13?/m1/s1. The number of nitrogens with two attached hydrogens (primary N) is 1. The van der Waals surface area contributed by atoms with E-state index in [0.29, 0.717) is 22.2 Å². The Hall–Kier alpha value is -3.18. The molecule has 174 valence electrons. The summed E-state index contributed by atoms with van der Waals surface area (Å²) in [6, 6.07) is -0.924. The molecule has 0 radical (unpaired) electrons. The van der Waals surface area contributed by atoms with Crippen LogP contribution in [0.3, 0.4) is 0 Å². The van der Waals surface area contributed by atoms with Gasteiger partial charge in [0.1, 0.15) is 29.9 Å². The van der Waals surface area contributed by atoms with Gasteiger partial charge in [-0.2, -0.15) is 0 Å². The highest BCUT2D eigenvalue weighted by Crippen LogP contribution is 2.41. The van der Waals surface area contributed by atoms with Gasteiger partial charge in [0.25, 0.3) is 11.8 Å². The smallest absolute Gasteiger partial charge is 0.352 e. The van der Waals surface area contributed by atoms with Crippen molar-refractivity contribution in [3.05, 3.63) is 22.3 Å². The fourth-order valence-corrected chi connectivity index (χ4v) is 6.07. The summed E-state index contributed by atoms with van der Waals surface area (Å²) in [7, 11) is 2.95. The minimum absolute atomic E-state index is 0.0880. The molecule has 2 atom stereocenters. The number of nitrogen functional groups attached to an aromatic ring is 1. The Morgan fingerprint density at radius 1 is 1.48 bits per heavy atom. The molecule has 0 saturated carbocycles. The molecule has 33 heavy (non-hydrogen) atoms. The Morgan fingerprint density at radius 2 is 2.27 bits per heavy atom. The number of anilines is 1. The van der Waals surface area contributed by atoms with Crippen LogP contribution >= 0.6 is 34.9 Å². The van der Waals surface area contributed by atoms with Gasteiger partial charge in [-0.3, -0.25) is 14.5 Å². The molecule has 4 rings (SSSR count). The lowest BCUT2D eigenvalue weighted by Crippen LogP contribution is -2.71. The van der Waals surface area contributed by atoms with E-state index in [4.69, 9.17) is 10.6 Å². The number of fused-ring (bicyclic) bond motifs is 1. The molecule has 1 saturated heterocycles. The van der Waals surface area contributed by atoms with E-state index in [0.717, 1.165) is 11.3 Å². The number of nitrogens with one attached hydrogen (secondary N) is 1. The summed E-state index contributed by atoms with van der Waals surface area (Å²) in [6.07, 6.45) is 0. The molecule has 1 fully saturated rings. The van der Waals surface area contributed by atoms with Crippen molar-refractivity contribution in [1.29, 1.82) is 0 Å². The van der Waals surface area contributed by atoms with Gasteiger partial charge in [0.2, 0.25) is 5.16 Å². The molecule has 2 aliphatic heterocycles. The number of carboxylic acids is 1. The van der Waals surface area contributed by atoms with Crippen molar-refractivity contribution in [2.45, 2.75) is 16.6 Å². The molecule has 2 amide bonds. The molecule has 0 bridgehead atoms. The number of hydrogen-bond acceptors (Lipinski definition) is 13. The number of oxime groups is 1. The number of carboxylic acid groups (broad SMARTS) is 1. The molecule has 1 unspecified atom stereocenters. The molecule has 2 aromatic heterocycles. The van der Waals surface area contributed by atoms with Gasteiger partial charge >= 0.3 is 5.97 Å². The minimum atomic E-state index is -1.22. The first-order chi connectivity index (χ1) is 15.8. The van der Waals surface area contributed by atoms with Crippen LogP contribution < -0.4 is 11.1 Å². The highest BCUT2D eigenvalue weighted by molar-refractivity contribution is 8.01. The van der Waals surface area contributed by atoms with Crippen LogP contribution in [0.2, 0.25) is 0 Å². The minimum Gasteiger partial charge on any atom is -0.477 e. The van der Waals surface area contributed by atoms with Gasteiger partial charge in [0.15, 0.2) is 10.8 Å². The molecule has 0 aliphatic carbocycles. The number of aliphatic carboxylic acids is 1. The molecule has 2 aromatic rings. The SMILES string of the molecule is CON=C(C(=O)N[C@@H]1C(=O)N2C(C(=O)O)=C(CSc3nnnn3C)CSC12)c1csc(N)n1. The predicted molar refractivity (Wildman–Crippen MR) is 119 cm³/mol. The van der Waals surface area contributed by atoms with E-state index in [2.05, 4.69) is 31.0 Å². The van der Waals surface area contributed by atoms with Gasteiger partial charge in [-0.05, 0) is 16.0 Å². The maximum atomic E-state index is 12.9. The first kappa shape index (κ1) is 23.0. The zero-order chi connectivity index (χ0) is 23.7. The molecule has 2 aliphatic rings. The number of β-lactam (4-membered cyclic amide) rings is 1. The zero-order valence-electron chi connectivity index (χ0n) is 17.2. The van der Waals surface area contributed by atoms with E-state index in [-0.39, 0.29) is 22.2 Å². The quantitative estimate of drug-likeness (QED) is 0.172. The number of aromatic nitrogens is 5. The van der Waals surface area contributed by atoms with Crippen LogP contribution in [-0.4, -0.2) is 88.7 Å². The average molecular weight is 512 g/mol. The van der Waals surface area contributed by atoms with Crippen LogP contribution in [0, 0.1) is 0 Å². The largest absolute Gasteiger partial charge is 0.477 e. The number of carbonyl (C=O) groups excluding carboxylic acids is 2. The highest BCUT2D eigenvalue weighted by Gasteiger charge is 2.54. The van der Waals surface area contributed by atoms with Gasteiger partial charge in [-0.1, -0.05) is 16.9 Å². The summed E-state index contributed by atoms with van der Waals surface area (Å²) in [5, 5.41) is 29.0. The van der Waals surface area contributed by atoms with Crippen molar-refractivity contribution in [1.82, 2.24) is 35.4 Å². The number of thiazole rings is 1. The topological polar surface area (TPSA) is 191 Å². The third kappa shape index (κ3) is 4.38. The van der Waals surface area contributed by atoms with Gasteiger partial charge in [0, 0.05) is 23.9 Å². The van der Waals surface area contributed by atoms with Crippen LogP contribution in [0.25, 0.3) is 0 Å². The monoisotopic (exact) mass is 511 g/mol. The number of hydrogen-bond donors (Lipinski definition) is 3. The highest BCUT2D eigenvalue weighted by atomic mass is 32.2. The van der Waals surface area contributed by atoms with Crippen molar-refractivity contribution in [3.8, 4) is 0 Å². The number of nitrogens with zero attached hydrogens (tertiary/aromatic N) is 7. The Bertz CT molecular complexity index is 1180. The molecular weight excluding hydrogens is 494 g/mol. The van der Waals surface area contributed by atoms with Crippen molar-refractivity contribution in [2.75, 3.05) is 24.3 Å². The maximum absolute atomic E-state index is 12.9. The molecule has 17 heteroatoms. The number of thioether (sulfide) groups is 2. The van der Waals surface area contributed by atoms with Crippen molar-refractivity contribution < 1.29 is 24.3 Å². The molecule has 4 heterocycles. The van der Waals surface area contributed by atoms with Crippen LogP contribution in [0.1, 0.15) is 5.69 Å². The van der Waals surface area contributed by atoms with E-state index < -0.39 is 29.2 Å².